The maximum Gasteiger partial charge on any atom is 0.417 e. The van der Waals surface area contributed by atoms with Gasteiger partial charge in [-0.2, -0.15) is 13.2 Å². The zero-order valence-corrected chi connectivity index (χ0v) is 17.5. The smallest absolute Gasteiger partial charge is 0.387 e. The van der Waals surface area contributed by atoms with Crippen LogP contribution in [0.5, 0.6) is 0 Å². The summed E-state index contributed by atoms with van der Waals surface area (Å²) in [6.07, 6.45) is -0.614. The van der Waals surface area contributed by atoms with Crippen LogP contribution in [-0.2, 0) is 16.7 Å². The Morgan fingerprint density at radius 1 is 1.24 bits per heavy atom. The summed E-state index contributed by atoms with van der Waals surface area (Å²) in [5.41, 5.74) is 4.08. The number of amides is 1. The second-order valence-electron chi connectivity index (χ2n) is 5.86. The molecule has 1 aliphatic rings. The molecule has 0 unspecified atom stereocenters. The second kappa shape index (κ2) is 12.3. The van der Waals surface area contributed by atoms with Crippen LogP contribution in [0.1, 0.15) is 49.4 Å². The van der Waals surface area contributed by atoms with Crippen molar-refractivity contribution in [2.24, 2.45) is 5.84 Å². The Morgan fingerprint density at radius 3 is 2.34 bits per heavy atom. The van der Waals surface area contributed by atoms with Crippen molar-refractivity contribution in [3.8, 4) is 0 Å². The first-order chi connectivity index (χ1) is 13.9. The Kier molecular flexibility index (Phi) is 10.5. The highest BCUT2D eigenvalue weighted by atomic mass is 32.2. The number of nitrogens with one attached hydrogen (secondary N) is 2. The standard InChI is InChI=1S/C17H17F3N2S.C2H6.CH4N2O/c1-21-15-4-2-3-14(11-5-6-11)16(15)23-10-13-8-7-12(9-22-13)17(18,19)20;1-2;2-3-1-4/h2-4,7-9,11,21H,5-6,10H2,1H3;1-2H3;1H,2H2,(H,3,4). The fraction of sp³-hybridized carbons (Fsp3) is 0.400. The van der Waals surface area contributed by atoms with Crippen molar-refractivity contribution in [2.45, 2.75) is 49.4 Å². The number of nitrogens with two attached hydrogens (primary N) is 1. The number of thioether (sulfide) groups is 1. The van der Waals surface area contributed by atoms with Gasteiger partial charge in [-0.05, 0) is 42.5 Å². The largest absolute Gasteiger partial charge is 0.417 e. The molecule has 4 N–H and O–H groups in total. The van der Waals surface area contributed by atoms with E-state index in [9.17, 15) is 13.2 Å². The van der Waals surface area contributed by atoms with E-state index in [4.69, 9.17) is 4.79 Å². The third-order valence-corrected chi connectivity index (χ3v) is 5.10. The van der Waals surface area contributed by atoms with Gasteiger partial charge in [0.25, 0.3) is 0 Å². The molecule has 0 radical (unpaired) electrons. The van der Waals surface area contributed by atoms with E-state index in [0.717, 1.165) is 18.0 Å². The van der Waals surface area contributed by atoms with E-state index >= 15 is 0 Å². The summed E-state index contributed by atoms with van der Waals surface area (Å²) in [6.45, 7) is 4.00. The van der Waals surface area contributed by atoms with Gasteiger partial charge in [0.15, 0.2) is 0 Å². The van der Waals surface area contributed by atoms with E-state index in [1.54, 1.807) is 17.2 Å². The van der Waals surface area contributed by atoms with E-state index in [1.807, 2.05) is 33.0 Å². The second-order valence-corrected chi connectivity index (χ2v) is 6.84. The lowest BCUT2D eigenvalue weighted by molar-refractivity contribution is -0.137. The maximum atomic E-state index is 12.6. The molecule has 5 nitrogen and oxygen atoms in total. The number of halogens is 3. The predicted octanol–water partition coefficient (Wildman–Crippen LogP) is 4.94. The molecule has 1 amide bonds. The number of hydrazine groups is 1. The molecular weight excluding hydrogens is 401 g/mol. The SMILES string of the molecule is CC.CNc1cccc(C2CC2)c1SCc1ccc(C(F)(F)F)cn1.NNC=O. The molecule has 0 saturated heterocycles. The first kappa shape index (κ1) is 24.8. The minimum Gasteiger partial charge on any atom is -0.387 e. The summed E-state index contributed by atoms with van der Waals surface area (Å²) < 4.78 is 37.7. The average Bonchev–Trinajstić information content (AvgIpc) is 3.58. The van der Waals surface area contributed by atoms with Crippen LogP contribution < -0.4 is 16.6 Å². The van der Waals surface area contributed by atoms with Crippen LogP contribution in [0, 0.1) is 0 Å². The van der Waals surface area contributed by atoms with Gasteiger partial charge in [0.2, 0.25) is 6.41 Å². The van der Waals surface area contributed by atoms with Crippen molar-refractivity contribution in [2.75, 3.05) is 12.4 Å². The predicted molar refractivity (Wildman–Crippen MR) is 111 cm³/mol. The maximum absolute atomic E-state index is 12.6. The van der Waals surface area contributed by atoms with Gasteiger partial charge in [-0.25, -0.2) is 5.84 Å². The lowest BCUT2D eigenvalue weighted by Gasteiger charge is -2.14. The average molecular weight is 429 g/mol. The van der Waals surface area contributed by atoms with Gasteiger partial charge in [0.1, 0.15) is 0 Å². The number of rotatable bonds is 6. The van der Waals surface area contributed by atoms with Gasteiger partial charge in [-0.1, -0.05) is 26.0 Å². The van der Waals surface area contributed by atoms with Crippen LogP contribution in [-0.4, -0.2) is 18.4 Å². The number of anilines is 1. The molecule has 2 aromatic rings. The minimum atomic E-state index is -4.34. The Labute approximate surface area is 173 Å². The van der Waals surface area contributed by atoms with Crippen molar-refractivity contribution in [3.63, 3.8) is 0 Å². The fourth-order valence-electron chi connectivity index (χ4n) is 2.45. The van der Waals surface area contributed by atoms with Gasteiger partial charge < -0.3 is 5.32 Å². The Bertz CT molecular complexity index is 750. The van der Waals surface area contributed by atoms with Crippen LogP contribution in [0.25, 0.3) is 0 Å². The molecule has 0 atom stereocenters. The topological polar surface area (TPSA) is 80.0 Å². The molecule has 9 heteroatoms. The molecule has 0 spiro atoms. The number of alkyl halides is 3. The summed E-state index contributed by atoms with van der Waals surface area (Å²) in [5.74, 6) is 5.58. The third kappa shape index (κ3) is 7.94. The quantitative estimate of drug-likeness (QED) is 0.200. The zero-order chi connectivity index (χ0) is 21.9. The number of aromatic nitrogens is 1. The summed E-state index contributed by atoms with van der Waals surface area (Å²) in [4.78, 5) is 14.1. The normalized spacial score (nSPS) is 12.7. The molecule has 160 valence electrons. The molecule has 1 aromatic heterocycles. The highest BCUT2D eigenvalue weighted by molar-refractivity contribution is 7.98. The van der Waals surface area contributed by atoms with Crippen molar-refractivity contribution < 1.29 is 18.0 Å². The van der Waals surface area contributed by atoms with E-state index < -0.39 is 11.7 Å². The van der Waals surface area contributed by atoms with Gasteiger partial charge in [-0.15, -0.1) is 11.8 Å². The van der Waals surface area contributed by atoms with Crippen LogP contribution in [0.4, 0.5) is 18.9 Å². The Morgan fingerprint density at radius 2 is 1.90 bits per heavy atom. The first-order valence-corrected chi connectivity index (χ1v) is 10.2. The molecule has 1 fully saturated rings. The molecule has 0 bridgehead atoms. The van der Waals surface area contributed by atoms with E-state index in [2.05, 4.69) is 22.2 Å². The highest BCUT2D eigenvalue weighted by Crippen LogP contribution is 2.46. The number of carbonyl (C=O) groups excluding carboxylic acids is 1. The van der Waals surface area contributed by atoms with Gasteiger partial charge in [0, 0.05) is 29.6 Å². The molecule has 0 aliphatic heterocycles. The third-order valence-electron chi connectivity index (χ3n) is 3.92. The first-order valence-electron chi connectivity index (χ1n) is 9.26. The zero-order valence-electron chi connectivity index (χ0n) is 16.7. The molecule has 29 heavy (non-hydrogen) atoms. The molecular formula is C20H27F3N4OS. The lowest BCUT2D eigenvalue weighted by Crippen LogP contribution is -2.18. The summed E-state index contributed by atoms with van der Waals surface area (Å²) in [6, 6.07) is 8.75. The molecule has 1 aliphatic carbocycles. The van der Waals surface area contributed by atoms with Gasteiger partial charge in [-0.3, -0.25) is 15.2 Å². The van der Waals surface area contributed by atoms with Crippen LogP contribution >= 0.6 is 11.8 Å². The monoisotopic (exact) mass is 428 g/mol. The van der Waals surface area contributed by atoms with Crippen molar-refractivity contribution in [1.82, 2.24) is 10.4 Å². The highest BCUT2D eigenvalue weighted by Gasteiger charge is 2.30. The van der Waals surface area contributed by atoms with Crippen molar-refractivity contribution in [1.29, 1.82) is 0 Å². The molecule has 3 rings (SSSR count). The van der Waals surface area contributed by atoms with Crippen LogP contribution in [0.3, 0.4) is 0 Å². The Balaban J connectivity index is 0.000000627. The van der Waals surface area contributed by atoms with Crippen molar-refractivity contribution >= 4 is 23.9 Å². The minimum absolute atomic E-state index is 0.403. The van der Waals surface area contributed by atoms with Gasteiger partial charge >= 0.3 is 6.18 Å². The molecule has 1 heterocycles. The number of hydrogen-bond donors (Lipinski definition) is 3. The van der Waals surface area contributed by atoms with Crippen LogP contribution in [0.2, 0.25) is 0 Å². The number of carbonyl (C=O) groups is 1. The van der Waals surface area contributed by atoms with Crippen LogP contribution in [0.15, 0.2) is 41.4 Å². The number of hydrogen-bond acceptors (Lipinski definition) is 5. The number of pyridine rings is 1. The fourth-order valence-corrected chi connectivity index (χ4v) is 3.64. The lowest BCUT2D eigenvalue weighted by atomic mass is 10.1. The summed E-state index contributed by atoms with van der Waals surface area (Å²) >= 11 is 1.63. The summed E-state index contributed by atoms with van der Waals surface area (Å²) in [7, 11) is 1.88. The molecule has 1 saturated carbocycles. The Hall–Kier alpha value is -2.26. The number of nitrogens with zero attached hydrogens (tertiary/aromatic N) is 1. The van der Waals surface area contributed by atoms with E-state index in [-0.39, 0.29) is 0 Å². The molecule has 1 aromatic carbocycles. The van der Waals surface area contributed by atoms with E-state index in [0.29, 0.717) is 23.8 Å². The van der Waals surface area contributed by atoms with Gasteiger partial charge in [0.05, 0.1) is 11.3 Å². The number of benzene rings is 1. The van der Waals surface area contributed by atoms with E-state index in [1.165, 1.54) is 29.4 Å². The van der Waals surface area contributed by atoms with Crippen molar-refractivity contribution in [3.05, 3.63) is 53.3 Å². The summed E-state index contributed by atoms with van der Waals surface area (Å²) in [5, 5.41) is 3.19.